The van der Waals surface area contributed by atoms with Gasteiger partial charge in [0.05, 0.1) is 29.5 Å². The molecule has 160 valence electrons. The molecule has 0 saturated carbocycles. The molecule has 7 nitrogen and oxygen atoms in total. The number of hydrogen-bond donors (Lipinski definition) is 2. The summed E-state index contributed by atoms with van der Waals surface area (Å²) < 4.78 is 5.37. The molecule has 0 radical (unpaired) electrons. The smallest absolute Gasteiger partial charge is 0.261 e. The molecule has 1 amide bonds. The first-order chi connectivity index (χ1) is 14.7. The minimum Gasteiger partial charge on any atom is -0.379 e. The second kappa shape index (κ2) is 9.82. The molecule has 4 heterocycles. The van der Waals surface area contributed by atoms with E-state index in [4.69, 9.17) is 4.74 Å². The van der Waals surface area contributed by atoms with E-state index >= 15 is 0 Å². The Kier molecular flexibility index (Phi) is 6.93. The van der Waals surface area contributed by atoms with Crippen molar-refractivity contribution in [3.8, 4) is 0 Å². The third kappa shape index (κ3) is 4.64. The fourth-order valence-corrected chi connectivity index (χ4v) is 5.59. The van der Waals surface area contributed by atoms with Crippen LogP contribution in [0.15, 0.2) is 23.8 Å². The highest BCUT2D eigenvalue weighted by Crippen LogP contribution is 2.35. The zero-order chi connectivity index (χ0) is 20.9. The fourth-order valence-electron chi connectivity index (χ4n) is 3.66. The SMILES string of the molecule is CC[C@@H](Nc1ncnc2sc(C(=O)NCCN3CCOCC3)c(C)c12)c1cccs1. The quantitative estimate of drug-likeness (QED) is 0.551. The predicted molar refractivity (Wildman–Crippen MR) is 123 cm³/mol. The molecule has 1 aliphatic rings. The molecule has 0 bridgehead atoms. The maximum absolute atomic E-state index is 12.8. The second-order valence-corrected chi connectivity index (χ2v) is 9.27. The maximum atomic E-state index is 12.8. The zero-order valence-corrected chi connectivity index (χ0v) is 18.9. The Balaban J connectivity index is 1.49. The third-order valence-corrected chi connectivity index (χ3v) is 7.54. The van der Waals surface area contributed by atoms with E-state index in [2.05, 4.69) is 49.9 Å². The van der Waals surface area contributed by atoms with E-state index < -0.39 is 0 Å². The van der Waals surface area contributed by atoms with Gasteiger partial charge in [0.2, 0.25) is 0 Å². The average molecular weight is 446 g/mol. The molecule has 0 unspecified atom stereocenters. The molecule has 1 aliphatic heterocycles. The summed E-state index contributed by atoms with van der Waals surface area (Å²) in [5.41, 5.74) is 0.933. The van der Waals surface area contributed by atoms with E-state index in [0.29, 0.717) is 11.4 Å². The molecular formula is C21H27N5O2S2. The van der Waals surface area contributed by atoms with Crippen LogP contribution in [0.25, 0.3) is 10.2 Å². The van der Waals surface area contributed by atoms with Crippen LogP contribution in [0.1, 0.15) is 39.5 Å². The second-order valence-electron chi connectivity index (χ2n) is 7.29. The van der Waals surface area contributed by atoms with Gasteiger partial charge in [-0.2, -0.15) is 0 Å². The van der Waals surface area contributed by atoms with Crippen LogP contribution in [0.3, 0.4) is 0 Å². The van der Waals surface area contributed by atoms with Gasteiger partial charge >= 0.3 is 0 Å². The van der Waals surface area contributed by atoms with E-state index in [0.717, 1.165) is 60.9 Å². The lowest BCUT2D eigenvalue weighted by atomic mass is 10.1. The number of carbonyl (C=O) groups excluding carboxylic acids is 1. The Hall–Kier alpha value is -2.07. The number of ether oxygens (including phenoxy) is 1. The molecule has 30 heavy (non-hydrogen) atoms. The highest BCUT2D eigenvalue weighted by atomic mass is 32.1. The van der Waals surface area contributed by atoms with Crippen molar-refractivity contribution in [3.63, 3.8) is 0 Å². The number of nitrogens with one attached hydrogen (secondary N) is 2. The molecule has 1 atom stereocenters. The lowest BCUT2D eigenvalue weighted by molar-refractivity contribution is 0.0383. The minimum absolute atomic E-state index is 0.0417. The number of hydrogen-bond acceptors (Lipinski definition) is 8. The van der Waals surface area contributed by atoms with Crippen LogP contribution in [0.5, 0.6) is 0 Å². The molecule has 3 aromatic heterocycles. The van der Waals surface area contributed by atoms with Gasteiger partial charge in [-0.15, -0.1) is 22.7 Å². The Morgan fingerprint density at radius 3 is 2.90 bits per heavy atom. The average Bonchev–Trinajstić information content (AvgIpc) is 3.41. The van der Waals surface area contributed by atoms with Crippen LogP contribution in [-0.2, 0) is 4.74 Å². The van der Waals surface area contributed by atoms with E-state index in [1.807, 2.05) is 6.92 Å². The third-order valence-electron chi connectivity index (χ3n) is 5.36. The van der Waals surface area contributed by atoms with Crippen molar-refractivity contribution in [2.75, 3.05) is 44.7 Å². The Labute approximate surface area is 184 Å². The summed E-state index contributed by atoms with van der Waals surface area (Å²) in [6.45, 7) is 8.98. The summed E-state index contributed by atoms with van der Waals surface area (Å²) in [7, 11) is 0. The molecule has 1 fully saturated rings. The number of anilines is 1. The van der Waals surface area contributed by atoms with E-state index in [-0.39, 0.29) is 11.9 Å². The predicted octanol–water partition coefficient (Wildman–Crippen LogP) is 3.69. The van der Waals surface area contributed by atoms with Gasteiger partial charge in [0.1, 0.15) is 17.0 Å². The van der Waals surface area contributed by atoms with Gasteiger partial charge in [0.15, 0.2) is 0 Å². The van der Waals surface area contributed by atoms with E-state index in [1.165, 1.54) is 16.2 Å². The van der Waals surface area contributed by atoms with Crippen LogP contribution in [0.2, 0.25) is 0 Å². The first-order valence-corrected chi connectivity index (χ1v) is 12.0. The summed E-state index contributed by atoms with van der Waals surface area (Å²) in [5, 5.41) is 9.66. The number of amides is 1. The zero-order valence-electron chi connectivity index (χ0n) is 17.3. The molecule has 4 rings (SSSR count). The fraction of sp³-hybridized carbons (Fsp3) is 0.476. The first kappa shape index (κ1) is 21.2. The molecular weight excluding hydrogens is 418 g/mol. The van der Waals surface area contributed by atoms with Crippen molar-refractivity contribution in [2.45, 2.75) is 26.3 Å². The normalized spacial score (nSPS) is 15.9. The summed E-state index contributed by atoms with van der Waals surface area (Å²) in [5.74, 6) is 0.751. The van der Waals surface area contributed by atoms with Gasteiger partial charge in [-0.25, -0.2) is 9.97 Å². The van der Waals surface area contributed by atoms with Gasteiger partial charge < -0.3 is 15.4 Å². The number of aromatic nitrogens is 2. The molecule has 2 N–H and O–H groups in total. The van der Waals surface area contributed by atoms with Gasteiger partial charge in [-0.05, 0) is 30.4 Å². The first-order valence-electron chi connectivity index (χ1n) is 10.3. The Bertz CT molecular complexity index is 983. The molecule has 0 aliphatic carbocycles. The highest BCUT2D eigenvalue weighted by molar-refractivity contribution is 7.20. The number of nitrogens with zero attached hydrogens (tertiary/aromatic N) is 3. The monoisotopic (exact) mass is 445 g/mol. The number of carbonyl (C=O) groups is 1. The van der Waals surface area contributed by atoms with E-state index in [9.17, 15) is 4.79 Å². The number of morpholine rings is 1. The van der Waals surface area contributed by atoms with Gasteiger partial charge in [-0.1, -0.05) is 13.0 Å². The topological polar surface area (TPSA) is 79.4 Å². The summed E-state index contributed by atoms with van der Waals surface area (Å²) in [4.78, 5) is 26.9. The van der Waals surface area contributed by atoms with Crippen molar-refractivity contribution in [1.29, 1.82) is 0 Å². The number of fused-ring (bicyclic) bond motifs is 1. The lowest BCUT2D eigenvalue weighted by Crippen LogP contribution is -2.41. The van der Waals surface area contributed by atoms with Crippen molar-refractivity contribution < 1.29 is 9.53 Å². The van der Waals surface area contributed by atoms with Crippen molar-refractivity contribution in [1.82, 2.24) is 20.2 Å². The number of aryl methyl sites for hydroxylation is 1. The van der Waals surface area contributed by atoms with Crippen molar-refractivity contribution >= 4 is 44.6 Å². The van der Waals surface area contributed by atoms with Crippen LogP contribution >= 0.6 is 22.7 Å². The highest BCUT2D eigenvalue weighted by Gasteiger charge is 2.21. The van der Waals surface area contributed by atoms with Crippen LogP contribution in [0, 0.1) is 6.92 Å². The Morgan fingerprint density at radius 1 is 1.33 bits per heavy atom. The summed E-state index contributed by atoms with van der Waals surface area (Å²) in [6.07, 6.45) is 2.52. The van der Waals surface area contributed by atoms with Crippen LogP contribution < -0.4 is 10.6 Å². The van der Waals surface area contributed by atoms with Crippen LogP contribution in [0.4, 0.5) is 5.82 Å². The Morgan fingerprint density at radius 2 is 2.17 bits per heavy atom. The molecule has 0 spiro atoms. The van der Waals surface area contributed by atoms with Gasteiger partial charge in [0.25, 0.3) is 5.91 Å². The summed E-state index contributed by atoms with van der Waals surface area (Å²) >= 11 is 3.17. The molecule has 9 heteroatoms. The molecule has 1 saturated heterocycles. The van der Waals surface area contributed by atoms with Gasteiger partial charge in [0, 0.05) is 31.1 Å². The van der Waals surface area contributed by atoms with Gasteiger partial charge in [-0.3, -0.25) is 9.69 Å². The largest absolute Gasteiger partial charge is 0.379 e. The minimum atomic E-state index is -0.0417. The van der Waals surface area contributed by atoms with Crippen LogP contribution in [-0.4, -0.2) is 60.2 Å². The van der Waals surface area contributed by atoms with E-state index in [1.54, 1.807) is 17.7 Å². The summed E-state index contributed by atoms with van der Waals surface area (Å²) in [6, 6.07) is 4.39. The number of thiophene rings is 2. The van der Waals surface area contributed by atoms with Crippen molar-refractivity contribution in [3.05, 3.63) is 39.2 Å². The maximum Gasteiger partial charge on any atom is 0.261 e. The molecule has 0 aromatic carbocycles. The lowest BCUT2D eigenvalue weighted by Gasteiger charge is -2.26. The standard InChI is InChI=1S/C21H27N5O2S2/c1-3-15(16-5-4-12-29-16)25-19-17-14(2)18(30-21(17)24-13-23-19)20(27)22-6-7-26-8-10-28-11-9-26/h4-5,12-13,15H,3,6-11H2,1-2H3,(H,22,27)(H,23,24,25)/t15-/m1/s1. The molecule has 3 aromatic rings. The van der Waals surface area contributed by atoms with Crippen molar-refractivity contribution in [2.24, 2.45) is 0 Å². The number of rotatable bonds is 8.